The Kier molecular flexibility index (Phi) is 10.9. The first kappa shape index (κ1) is 32.5. The van der Waals surface area contributed by atoms with E-state index in [1.54, 1.807) is 24.6 Å². The quantitative estimate of drug-likeness (QED) is 0.228. The number of aliphatic imine (C=N–C) groups is 2. The third kappa shape index (κ3) is 9.53. The van der Waals surface area contributed by atoms with Gasteiger partial charge in [0.2, 0.25) is 5.66 Å². The number of amides is 1. The van der Waals surface area contributed by atoms with Crippen molar-refractivity contribution >= 4 is 41.9 Å². The molecule has 0 saturated carbocycles. The fraction of sp³-hybridized carbons (Fsp3) is 0.323. The first-order chi connectivity index (χ1) is 21.1. The van der Waals surface area contributed by atoms with Crippen LogP contribution in [0.15, 0.2) is 76.8 Å². The number of alkyl halides is 3. The van der Waals surface area contributed by atoms with Crippen molar-refractivity contribution in [3.63, 3.8) is 0 Å². The minimum atomic E-state index is -4.71. The molecular formula is C31H31ClF3N5O4. The highest BCUT2D eigenvalue weighted by Gasteiger charge is 2.31. The van der Waals surface area contributed by atoms with E-state index in [0.717, 1.165) is 43.5 Å². The lowest BCUT2D eigenvalue weighted by molar-refractivity contribution is -0.274. The van der Waals surface area contributed by atoms with Crippen LogP contribution in [0.2, 0.25) is 5.15 Å². The van der Waals surface area contributed by atoms with Crippen molar-refractivity contribution < 1.29 is 32.2 Å². The summed E-state index contributed by atoms with van der Waals surface area (Å²) in [7, 11) is 0. The molecular weight excluding hydrogens is 599 g/mol. The monoisotopic (exact) mass is 629 g/mol. The fourth-order valence-corrected chi connectivity index (χ4v) is 4.56. The SMILES string of the molecule is CCC1(C=O)N=CC=N1.O=C(NCc1ccc(N2CCC(Oc3ccc(OC(F)(F)F)cc3)CC2)cc1)c1ccc(Cl)nc1. The summed E-state index contributed by atoms with van der Waals surface area (Å²) in [6.07, 6.45) is 2.80. The lowest BCUT2D eigenvalue weighted by Crippen LogP contribution is -2.38. The average Bonchev–Trinajstić information content (AvgIpc) is 3.51. The molecule has 1 aromatic heterocycles. The Morgan fingerprint density at radius 1 is 1.02 bits per heavy atom. The molecule has 1 fully saturated rings. The number of halogens is 4. The Bertz CT molecular complexity index is 1430. The van der Waals surface area contributed by atoms with Crippen LogP contribution in [0.4, 0.5) is 18.9 Å². The summed E-state index contributed by atoms with van der Waals surface area (Å²) in [5.74, 6) is 0.0197. The van der Waals surface area contributed by atoms with Crippen LogP contribution in [-0.4, -0.2) is 60.8 Å². The van der Waals surface area contributed by atoms with Crippen LogP contribution in [0.1, 0.15) is 42.1 Å². The van der Waals surface area contributed by atoms with Gasteiger partial charge in [0.15, 0.2) is 6.29 Å². The van der Waals surface area contributed by atoms with Gasteiger partial charge in [-0.2, -0.15) is 0 Å². The summed E-state index contributed by atoms with van der Waals surface area (Å²) in [6.45, 7) is 3.86. The second kappa shape index (κ2) is 14.8. The third-order valence-electron chi connectivity index (χ3n) is 6.92. The number of hydrogen-bond donors (Lipinski definition) is 1. The number of ether oxygens (including phenoxy) is 2. The Balaban J connectivity index is 0.000000421. The minimum Gasteiger partial charge on any atom is -0.490 e. The van der Waals surface area contributed by atoms with Gasteiger partial charge in [-0.3, -0.25) is 19.6 Å². The summed E-state index contributed by atoms with van der Waals surface area (Å²) in [5.41, 5.74) is 1.73. The number of pyridine rings is 1. The van der Waals surface area contributed by atoms with Gasteiger partial charge in [-0.05, 0) is 60.5 Å². The molecule has 1 N–H and O–H groups in total. The molecule has 2 aliphatic rings. The molecule has 44 heavy (non-hydrogen) atoms. The second-order valence-corrected chi connectivity index (χ2v) is 10.3. The highest BCUT2D eigenvalue weighted by atomic mass is 35.5. The number of benzene rings is 2. The number of nitrogens with zero attached hydrogens (tertiary/aromatic N) is 4. The molecule has 9 nitrogen and oxygen atoms in total. The van der Waals surface area contributed by atoms with Crippen molar-refractivity contribution in [3.05, 3.63) is 83.1 Å². The van der Waals surface area contributed by atoms with Crippen molar-refractivity contribution in [3.8, 4) is 11.5 Å². The maximum atomic E-state index is 12.3. The zero-order valence-corrected chi connectivity index (χ0v) is 24.6. The molecule has 0 aliphatic carbocycles. The molecule has 0 bridgehead atoms. The van der Waals surface area contributed by atoms with E-state index in [4.69, 9.17) is 16.3 Å². The summed E-state index contributed by atoms with van der Waals surface area (Å²) in [4.78, 5) is 36.5. The van der Waals surface area contributed by atoms with Crippen LogP contribution in [0.5, 0.6) is 11.5 Å². The van der Waals surface area contributed by atoms with Gasteiger partial charge in [-0.1, -0.05) is 30.7 Å². The molecule has 1 saturated heterocycles. The number of carbonyl (C=O) groups is 2. The smallest absolute Gasteiger partial charge is 0.490 e. The molecule has 2 aliphatic heterocycles. The van der Waals surface area contributed by atoms with Crippen molar-refractivity contribution in [2.45, 2.75) is 50.9 Å². The van der Waals surface area contributed by atoms with Crippen LogP contribution in [-0.2, 0) is 11.3 Å². The van der Waals surface area contributed by atoms with E-state index in [9.17, 15) is 22.8 Å². The summed E-state index contributed by atoms with van der Waals surface area (Å²) < 4.78 is 46.6. The summed E-state index contributed by atoms with van der Waals surface area (Å²) in [6, 6.07) is 16.6. The van der Waals surface area contributed by atoms with E-state index in [2.05, 4.69) is 29.9 Å². The maximum absolute atomic E-state index is 12.3. The molecule has 0 radical (unpaired) electrons. The van der Waals surface area contributed by atoms with Gasteiger partial charge in [0.25, 0.3) is 5.91 Å². The normalized spacial score (nSPS) is 15.7. The third-order valence-corrected chi connectivity index (χ3v) is 7.14. The van der Waals surface area contributed by atoms with Gasteiger partial charge in [0.1, 0.15) is 22.8 Å². The lowest BCUT2D eigenvalue weighted by atomic mass is 10.1. The zero-order chi connectivity index (χ0) is 31.6. The first-order valence-electron chi connectivity index (χ1n) is 13.9. The van der Waals surface area contributed by atoms with Crippen LogP contribution < -0.4 is 19.7 Å². The number of piperidine rings is 1. The van der Waals surface area contributed by atoms with Crippen LogP contribution >= 0.6 is 11.6 Å². The number of rotatable bonds is 9. The minimum absolute atomic E-state index is 0.0162. The predicted octanol–water partition coefficient (Wildman–Crippen LogP) is 6.06. The average molecular weight is 630 g/mol. The number of carbonyl (C=O) groups excluding carboxylic acids is 2. The maximum Gasteiger partial charge on any atom is 0.573 e. The van der Waals surface area contributed by atoms with Gasteiger partial charge in [0, 0.05) is 56.8 Å². The van der Waals surface area contributed by atoms with Gasteiger partial charge in [-0.15, -0.1) is 13.2 Å². The second-order valence-electron chi connectivity index (χ2n) is 9.95. The Hall–Kier alpha value is -4.45. The summed E-state index contributed by atoms with van der Waals surface area (Å²) >= 11 is 5.75. The Morgan fingerprint density at radius 3 is 2.18 bits per heavy atom. The highest BCUT2D eigenvalue weighted by Crippen LogP contribution is 2.27. The van der Waals surface area contributed by atoms with Crippen molar-refractivity contribution in [2.75, 3.05) is 18.0 Å². The van der Waals surface area contributed by atoms with Crippen molar-refractivity contribution in [2.24, 2.45) is 9.98 Å². The number of hydrogen-bond acceptors (Lipinski definition) is 8. The van der Waals surface area contributed by atoms with E-state index in [1.165, 1.54) is 30.5 Å². The molecule has 1 amide bonds. The van der Waals surface area contributed by atoms with Gasteiger partial charge < -0.3 is 19.7 Å². The lowest BCUT2D eigenvalue weighted by Gasteiger charge is -2.33. The molecule has 5 rings (SSSR count). The predicted molar refractivity (Wildman–Crippen MR) is 162 cm³/mol. The molecule has 0 atom stereocenters. The van der Waals surface area contributed by atoms with Gasteiger partial charge >= 0.3 is 6.36 Å². The molecule has 3 heterocycles. The van der Waals surface area contributed by atoms with Crippen LogP contribution in [0, 0.1) is 0 Å². The first-order valence-corrected chi connectivity index (χ1v) is 14.3. The van der Waals surface area contributed by atoms with Crippen LogP contribution in [0.25, 0.3) is 0 Å². The van der Waals surface area contributed by atoms with Crippen molar-refractivity contribution in [1.82, 2.24) is 10.3 Å². The van der Waals surface area contributed by atoms with E-state index in [1.807, 2.05) is 31.2 Å². The number of nitrogens with one attached hydrogen (secondary N) is 1. The van der Waals surface area contributed by atoms with Gasteiger partial charge in [0.05, 0.1) is 5.56 Å². The topological polar surface area (TPSA) is 105 Å². The molecule has 0 spiro atoms. The Labute approximate surface area is 257 Å². The zero-order valence-electron chi connectivity index (χ0n) is 23.8. The van der Waals surface area contributed by atoms with Crippen LogP contribution in [0.3, 0.4) is 0 Å². The largest absolute Gasteiger partial charge is 0.573 e. The number of aldehydes is 1. The van der Waals surface area contributed by atoms with E-state index in [0.29, 0.717) is 29.4 Å². The van der Waals surface area contributed by atoms with Gasteiger partial charge in [-0.25, -0.2) is 4.98 Å². The van der Waals surface area contributed by atoms with Crippen molar-refractivity contribution in [1.29, 1.82) is 0 Å². The molecule has 3 aromatic rings. The van der Waals surface area contributed by atoms with E-state index < -0.39 is 12.0 Å². The molecule has 2 aromatic carbocycles. The number of aromatic nitrogens is 1. The fourth-order valence-electron chi connectivity index (χ4n) is 4.45. The van der Waals surface area contributed by atoms with E-state index in [-0.39, 0.29) is 17.8 Å². The molecule has 232 valence electrons. The summed E-state index contributed by atoms with van der Waals surface area (Å²) in [5, 5.41) is 3.20. The van der Waals surface area contributed by atoms with E-state index >= 15 is 0 Å². The molecule has 0 unspecified atom stereocenters. The standard InChI is InChI=1S/C25H23ClF3N3O3.C6H8N2O/c26-23-10-3-18(16-30-23)24(33)31-15-17-1-4-19(5-2-17)32-13-11-21(12-14-32)34-20-6-8-22(9-7-20)35-25(27,28)29;1-2-6(5-9)7-3-4-8-6/h1-10,16,21H,11-15H2,(H,31,33);3-5H,2H2,1H3. The Morgan fingerprint density at radius 2 is 1.66 bits per heavy atom. The molecule has 13 heteroatoms. The highest BCUT2D eigenvalue weighted by molar-refractivity contribution is 6.29. The number of anilines is 1.